The van der Waals surface area contributed by atoms with Gasteiger partial charge in [0, 0.05) is 22.0 Å². The highest BCUT2D eigenvalue weighted by Gasteiger charge is 2.08. The van der Waals surface area contributed by atoms with Crippen molar-refractivity contribution < 1.29 is 0 Å². The molecule has 1 heterocycles. The van der Waals surface area contributed by atoms with Crippen LogP contribution in [0.15, 0.2) is 38.7 Å². The lowest BCUT2D eigenvalue weighted by atomic mass is 10.2. The van der Waals surface area contributed by atoms with E-state index in [9.17, 15) is 0 Å². The number of nitrogens with zero attached hydrogens (tertiary/aromatic N) is 2. The lowest BCUT2D eigenvalue weighted by molar-refractivity contribution is 0.692. The van der Waals surface area contributed by atoms with Crippen molar-refractivity contribution in [3.8, 4) is 0 Å². The molecule has 0 amide bonds. The van der Waals surface area contributed by atoms with Gasteiger partial charge in [0.2, 0.25) is 0 Å². The number of halogens is 1. The quantitative estimate of drug-likeness (QED) is 0.673. The van der Waals surface area contributed by atoms with Gasteiger partial charge in [0.25, 0.3) is 0 Å². The summed E-state index contributed by atoms with van der Waals surface area (Å²) in [5.74, 6) is 0.0728. The molecule has 0 spiro atoms. The Hall–Kier alpha value is -1.27. The zero-order valence-corrected chi connectivity index (χ0v) is 12.5. The van der Waals surface area contributed by atoms with E-state index in [0.717, 1.165) is 20.1 Å². The third kappa shape index (κ3) is 2.76. The van der Waals surface area contributed by atoms with E-state index >= 15 is 0 Å². The summed E-state index contributed by atoms with van der Waals surface area (Å²) in [7, 11) is 1.92. The molecule has 0 saturated carbocycles. The number of nitrogens with one attached hydrogen (secondary N) is 1. The number of nitrogen functional groups attached to an aromatic ring is 1. The van der Waals surface area contributed by atoms with Crippen LogP contribution in [-0.4, -0.2) is 15.6 Å². The summed E-state index contributed by atoms with van der Waals surface area (Å²) in [5.41, 5.74) is 7.17. The predicted octanol–water partition coefficient (Wildman–Crippen LogP) is 2.93. The second kappa shape index (κ2) is 5.16. The highest BCUT2D eigenvalue weighted by Crippen LogP contribution is 2.34. The van der Waals surface area contributed by atoms with Crippen molar-refractivity contribution in [1.29, 1.82) is 5.41 Å². The summed E-state index contributed by atoms with van der Waals surface area (Å²) < 4.78 is 2.78. The van der Waals surface area contributed by atoms with Crippen LogP contribution in [-0.2, 0) is 7.05 Å². The van der Waals surface area contributed by atoms with Gasteiger partial charge < -0.3 is 5.73 Å². The molecule has 0 saturated heterocycles. The van der Waals surface area contributed by atoms with Crippen molar-refractivity contribution in [2.75, 3.05) is 0 Å². The molecular weight excluding hydrogens is 312 g/mol. The van der Waals surface area contributed by atoms with Crippen molar-refractivity contribution in [3.05, 3.63) is 40.0 Å². The largest absolute Gasteiger partial charge is 0.384 e. The van der Waals surface area contributed by atoms with E-state index in [2.05, 4.69) is 21.0 Å². The summed E-state index contributed by atoms with van der Waals surface area (Å²) in [4.78, 5) is 1.07. The summed E-state index contributed by atoms with van der Waals surface area (Å²) in [6.07, 6.45) is 0. The maximum absolute atomic E-state index is 7.40. The van der Waals surface area contributed by atoms with Crippen LogP contribution >= 0.6 is 27.7 Å². The molecule has 94 valence electrons. The van der Waals surface area contributed by atoms with E-state index < -0.39 is 0 Å². The average Bonchev–Trinajstić information content (AvgIpc) is 2.60. The first kappa shape index (κ1) is 13.2. The molecule has 0 aliphatic carbocycles. The molecule has 0 radical (unpaired) electrons. The number of aryl methyl sites for hydroxylation is 2. The zero-order chi connectivity index (χ0) is 13.3. The van der Waals surface area contributed by atoms with Gasteiger partial charge in [-0.05, 0) is 41.1 Å². The monoisotopic (exact) mass is 324 g/mol. The van der Waals surface area contributed by atoms with Crippen molar-refractivity contribution in [1.82, 2.24) is 9.78 Å². The van der Waals surface area contributed by atoms with Crippen molar-refractivity contribution in [2.45, 2.75) is 16.8 Å². The van der Waals surface area contributed by atoms with Gasteiger partial charge in [-0.3, -0.25) is 10.1 Å². The predicted molar refractivity (Wildman–Crippen MR) is 77.2 cm³/mol. The Morgan fingerprint density at radius 1 is 1.44 bits per heavy atom. The number of rotatable bonds is 3. The second-order valence-electron chi connectivity index (χ2n) is 3.91. The molecule has 1 aromatic carbocycles. The zero-order valence-electron chi connectivity index (χ0n) is 10.1. The van der Waals surface area contributed by atoms with Gasteiger partial charge >= 0.3 is 0 Å². The lowest BCUT2D eigenvalue weighted by Gasteiger charge is -2.06. The SMILES string of the molecule is Cc1cc(Sc2ccc(C(=N)N)cc2Br)n(C)n1. The van der Waals surface area contributed by atoms with Crippen LogP contribution in [0.3, 0.4) is 0 Å². The fraction of sp³-hybridized carbons (Fsp3) is 0.167. The third-order valence-electron chi connectivity index (χ3n) is 2.42. The first-order valence-corrected chi connectivity index (χ1v) is 6.91. The molecule has 1 aromatic heterocycles. The normalized spacial score (nSPS) is 10.6. The molecule has 0 atom stereocenters. The smallest absolute Gasteiger partial charge is 0.122 e. The molecule has 0 aliphatic heterocycles. The molecule has 0 aliphatic rings. The number of benzene rings is 1. The minimum Gasteiger partial charge on any atom is -0.384 e. The van der Waals surface area contributed by atoms with Crippen molar-refractivity contribution in [3.63, 3.8) is 0 Å². The third-order valence-corrected chi connectivity index (χ3v) is 4.50. The standard InChI is InChI=1S/C12H13BrN4S/c1-7-5-11(17(2)16-7)18-10-4-3-8(12(14)15)6-9(10)13/h3-6H,1-2H3,(H3,14,15). The van der Waals surface area contributed by atoms with Crippen LogP contribution in [0.25, 0.3) is 0 Å². The minimum absolute atomic E-state index is 0.0728. The molecule has 4 nitrogen and oxygen atoms in total. The minimum atomic E-state index is 0.0728. The number of nitrogens with two attached hydrogens (primary N) is 1. The number of aromatic nitrogens is 2. The Kier molecular flexibility index (Phi) is 3.77. The van der Waals surface area contributed by atoms with Crippen LogP contribution in [0.1, 0.15) is 11.3 Å². The Bertz CT molecular complexity index is 606. The van der Waals surface area contributed by atoms with Gasteiger partial charge in [-0.15, -0.1) is 0 Å². The van der Waals surface area contributed by atoms with Gasteiger partial charge in [-0.25, -0.2) is 0 Å². The fourth-order valence-electron chi connectivity index (χ4n) is 1.55. The first-order valence-electron chi connectivity index (χ1n) is 5.30. The second-order valence-corrected chi connectivity index (χ2v) is 5.83. The molecule has 6 heteroatoms. The summed E-state index contributed by atoms with van der Waals surface area (Å²) in [5, 5.41) is 12.8. The van der Waals surface area contributed by atoms with Crippen LogP contribution in [0, 0.1) is 12.3 Å². The highest BCUT2D eigenvalue weighted by atomic mass is 79.9. The Labute approximate surface area is 118 Å². The number of hydrogen-bond acceptors (Lipinski definition) is 3. The summed E-state index contributed by atoms with van der Waals surface area (Å²) in [6.45, 7) is 1.97. The molecule has 3 N–H and O–H groups in total. The van der Waals surface area contributed by atoms with Crippen LogP contribution < -0.4 is 5.73 Å². The van der Waals surface area contributed by atoms with Gasteiger partial charge in [0.1, 0.15) is 5.84 Å². The lowest BCUT2D eigenvalue weighted by Crippen LogP contribution is -2.10. The van der Waals surface area contributed by atoms with Gasteiger partial charge in [-0.1, -0.05) is 17.8 Å². The van der Waals surface area contributed by atoms with Gasteiger partial charge in [0.15, 0.2) is 0 Å². The highest BCUT2D eigenvalue weighted by molar-refractivity contribution is 9.10. The molecule has 18 heavy (non-hydrogen) atoms. The molecular formula is C12H13BrN4S. The number of hydrogen-bond donors (Lipinski definition) is 2. The van der Waals surface area contributed by atoms with E-state index in [0.29, 0.717) is 5.56 Å². The first-order chi connectivity index (χ1) is 8.47. The average molecular weight is 325 g/mol. The van der Waals surface area contributed by atoms with Crippen molar-refractivity contribution >= 4 is 33.5 Å². The van der Waals surface area contributed by atoms with Gasteiger partial charge in [0.05, 0.1) is 10.7 Å². The summed E-state index contributed by atoms with van der Waals surface area (Å²) in [6, 6.07) is 7.69. The summed E-state index contributed by atoms with van der Waals surface area (Å²) >= 11 is 5.13. The Morgan fingerprint density at radius 2 is 2.17 bits per heavy atom. The number of amidine groups is 1. The molecule has 2 rings (SSSR count). The van der Waals surface area contributed by atoms with E-state index in [1.165, 1.54) is 0 Å². The van der Waals surface area contributed by atoms with Crippen LogP contribution in [0.4, 0.5) is 0 Å². The Balaban J connectivity index is 2.30. The van der Waals surface area contributed by atoms with E-state index in [1.54, 1.807) is 11.8 Å². The molecule has 0 unspecified atom stereocenters. The topological polar surface area (TPSA) is 67.7 Å². The Morgan fingerprint density at radius 3 is 2.67 bits per heavy atom. The van der Waals surface area contributed by atoms with Crippen LogP contribution in [0.5, 0.6) is 0 Å². The van der Waals surface area contributed by atoms with E-state index in [-0.39, 0.29) is 5.84 Å². The van der Waals surface area contributed by atoms with Gasteiger partial charge in [-0.2, -0.15) is 5.10 Å². The maximum atomic E-state index is 7.40. The van der Waals surface area contributed by atoms with Crippen molar-refractivity contribution in [2.24, 2.45) is 12.8 Å². The maximum Gasteiger partial charge on any atom is 0.122 e. The molecule has 2 aromatic rings. The van der Waals surface area contributed by atoms with E-state index in [4.69, 9.17) is 11.1 Å². The van der Waals surface area contributed by atoms with E-state index in [1.807, 2.05) is 42.9 Å². The molecule has 0 bridgehead atoms. The van der Waals surface area contributed by atoms with Crippen LogP contribution in [0.2, 0.25) is 0 Å². The fourth-order valence-corrected chi connectivity index (χ4v) is 3.09. The molecule has 0 fully saturated rings.